The molecule has 0 aromatic rings. The third-order valence-electron chi connectivity index (χ3n) is 3.27. The van der Waals surface area contributed by atoms with Gasteiger partial charge in [0.05, 0.1) is 12.5 Å². The summed E-state index contributed by atoms with van der Waals surface area (Å²) in [5, 5.41) is 22.3. The van der Waals surface area contributed by atoms with Gasteiger partial charge >= 0.3 is 11.9 Å². The van der Waals surface area contributed by atoms with Crippen LogP contribution in [-0.4, -0.2) is 58.0 Å². The van der Waals surface area contributed by atoms with Crippen molar-refractivity contribution in [2.45, 2.75) is 51.2 Å². The Labute approximate surface area is 144 Å². The second kappa shape index (κ2) is 10.2. The van der Waals surface area contributed by atoms with Crippen molar-refractivity contribution < 1.29 is 34.2 Å². The third-order valence-corrected chi connectivity index (χ3v) is 3.27. The summed E-state index contributed by atoms with van der Waals surface area (Å²) in [5.41, 5.74) is 10.4. The number of rotatable bonds is 11. The van der Waals surface area contributed by atoms with E-state index in [1.54, 1.807) is 13.8 Å². The molecule has 25 heavy (non-hydrogen) atoms. The normalized spacial score (nSPS) is 14.2. The van der Waals surface area contributed by atoms with Gasteiger partial charge in [-0.25, -0.2) is 4.79 Å². The Morgan fingerprint density at radius 2 is 1.56 bits per heavy atom. The van der Waals surface area contributed by atoms with Crippen molar-refractivity contribution in [2.75, 3.05) is 0 Å². The number of amides is 3. The average molecular weight is 360 g/mol. The number of nitrogens with two attached hydrogens (primary N) is 2. The maximum Gasteiger partial charge on any atom is 0.326 e. The zero-order chi connectivity index (χ0) is 19.7. The monoisotopic (exact) mass is 360 g/mol. The van der Waals surface area contributed by atoms with Crippen LogP contribution in [0.25, 0.3) is 0 Å². The molecule has 3 atom stereocenters. The first-order valence-corrected chi connectivity index (χ1v) is 7.54. The van der Waals surface area contributed by atoms with E-state index in [4.69, 9.17) is 21.7 Å². The molecule has 0 aromatic heterocycles. The van der Waals surface area contributed by atoms with Crippen molar-refractivity contribution in [1.82, 2.24) is 10.6 Å². The number of primary amides is 1. The van der Waals surface area contributed by atoms with Gasteiger partial charge in [0.25, 0.3) is 0 Å². The zero-order valence-corrected chi connectivity index (χ0v) is 14.0. The van der Waals surface area contributed by atoms with E-state index in [-0.39, 0.29) is 6.42 Å². The number of carboxylic acid groups (broad SMARTS) is 2. The quantitative estimate of drug-likeness (QED) is 0.237. The number of nitrogens with one attached hydrogen (secondary N) is 2. The molecule has 8 N–H and O–H groups in total. The summed E-state index contributed by atoms with van der Waals surface area (Å²) >= 11 is 0. The molecule has 0 heterocycles. The summed E-state index contributed by atoms with van der Waals surface area (Å²) in [6.45, 7) is 3.15. The lowest BCUT2D eigenvalue weighted by Gasteiger charge is -2.23. The van der Waals surface area contributed by atoms with Crippen molar-refractivity contribution in [3.05, 3.63) is 0 Å². The van der Waals surface area contributed by atoms with Crippen LogP contribution < -0.4 is 22.1 Å². The Kier molecular flexibility index (Phi) is 9.13. The van der Waals surface area contributed by atoms with Crippen molar-refractivity contribution in [2.24, 2.45) is 17.4 Å². The summed E-state index contributed by atoms with van der Waals surface area (Å²) < 4.78 is 0. The number of hydrogen-bond donors (Lipinski definition) is 6. The molecular formula is C14H24N4O7. The van der Waals surface area contributed by atoms with Crippen LogP contribution in [0.2, 0.25) is 0 Å². The minimum atomic E-state index is -1.32. The fourth-order valence-electron chi connectivity index (χ4n) is 1.89. The summed E-state index contributed by atoms with van der Waals surface area (Å²) in [6.07, 6.45) is -1.17. The molecule has 0 unspecified atom stereocenters. The molecule has 0 radical (unpaired) electrons. The van der Waals surface area contributed by atoms with E-state index >= 15 is 0 Å². The minimum Gasteiger partial charge on any atom is -0.481 e. The number of carboxylic acids is 2. The lowest BCUT2D eigenvalue weighted by Crippen LogP contribution is -2.55. The first-order valence-electron chi connectivity index (χ1n) is 7.54. The number of hydrogen-bond acceptors (Lipinski definition) is 6. The zero-order valence-electron chi connectivity index (χ0n) is 14.0. The summed E-state index contributed by atoms with van der Waals surface area (Å²) in [6, 6.07) is -3.84. The van der Waals surface area contributed by atoms with Gasteiger partial charge < -0.3 is 32.3 Å². The highest BCUT2D eigenvalue weighted by Gasteiger charge is 2.30. The smallest absolute Gasteiger partial charge is 0.326 e. The highest BCUT2D eigenvalue weighted by molar-refractivity contribution is 5.93. The maximum absolute atomic E-state index is 12.2. The van der Waals surface area contributed by atoms with E-state index in [0.717, 1.165) is 0 Å². The highest BCUT2D eigenvalue weighted by atomic mass is 16.4. The highest BCUT2D eigenvalue weighted by Crippen LogP contribution is 2.05. The molecule has 0 aliphatic rings. The van der Waals surface area contributed by atoms with Crippen LogP contribution in [-0.2, 0) is 24.0 Å². The summed E-state index contributed by atoms with van der Waals surface area (Å²) in [7, 11) is 0. The molecule has 3 amide bonds. The number of aliphatic carboxylic acids is 2. The van der Waals surface area contributed by atoms with E-state index < -0.39 is 66.5 Å². The van der Waals surface area contributed by atoms with E-state index in [9.17, 15) is 24.0 Å². The van der Waals surface area contributed by atoms with Crippen molar-refractivity contribution in [1.29, 1.82) is 0 Å². The second-order valence-corrected chi connectivity index (χ2v) is 5.84. The molecule has 0 fully saturated rings. The van der Waals surface area contributed by atoms with Crippen molar-refractivity contribution in [3.63, 3.8) is 0 Å². The van der Waals surface area contributed by atoms with Crippen LogP contribution >= 0.6 is 0 Å². The van der Waals surface area contributed by atoms with Crippen LogP contribution in [0.5, 0.6) is 0 Å². The Hall–Kier alpha value is -2.69. The lowest BCUT2D eigenvalue weighted by atomic mass is 10.0. The van der Waals surface area contributed by atoms with E-state index in [2.05, 4.69) is 10.6 Å². The largest absolute Gasteiger partial charge is 0.481 e. The van der Waals surface area contributed by atoms with Gasteiger partial charge in [-0.1, -0.05) is 13.8 Å². The Balaban J connectivity index is 5.10. The van der Waals surface area contributed by atoms with E-state index in [0.29, 0.717) is 0 Å². The molecule has 0 aliphatic carbocycles. The van der Waals surface area contributed by atoms with Gasteiger partial charge in [0.2, 0.25) is 17.7 Å². The Morgan fingerprint density at radius 3 is 1.96 bits per heavy atom. The first kappa shape index (κ1) is 22.3. The van der Waals surface area contributed by atoms with Gasteiger partial charge in [0, 0.05) is 6.42 Å². The first-order chi connectivity index (χ1) is 11.5. The van der Waals surface area contributed by atoms with E-state index in [1.807, 2.05) is 0 Å². The van der Waals surface area contributed by atoms with Crippen LogP contribution in [0.3, 0.4) is 0 Å². The van der Waals surface area contributed by atoms with Gasteiger partial charge in [0.15, 0.2) is 0 Å². The SMILES string of the molecule is CC(C)[C@H](NC(=O)[C@H](CCC(=O)O)NC(=O)[C@@H](N)CC(N)=O)C(=O)O. The predicted molar refractivity (Wildman–Crippen MR) is 85.0 cm³/mol. The average Bonchev–Trinajstić information content (AvgIpc) is 2.46. The molecule has 0 spiro atoms. The fraction of sp³-hybridized carbons (Fsp3) is 0.643. The van der Waals surface area contributed by atoms with Crippen LogP contribution in [0.15, 0.2) is 0 Å². The third kappa shape index (κ3) is 8.65. The molecule has 0 bridgehead atoms. The lowest BCUT2D eigenvalue weighted by molar-refractivity contribution is -0.144. The summed E-state index contributed by atoms with van der Waals surface area (Å²) in [5.74, 6) is -5.46. The molecule has 11 heteroatoms. The molecule has 0 aliphatic heterocycles. The molecular weight excluding hydrogens is 336 g/mol. The van der Waals surface area contributed by atoms with Crippen molar-refractivity contribution in [3.8, 4) is 0 Å². The molecule has 11 nitrogen and oxygen atoms in total. The van der Waals surface area contributed by atoms with Gasteiger partial charge in [-0.2, -0.15) is 0 Å². The Bertz CT molecular complexity index is 535. The molecule has 0 aromatic carbocycles. The molecule has 0 saturated heterocycles. The maximum atomic E-state index is 12.2. The minimum absolute atomic E-state index is 0.277. The second-order valence-electron chi connectivity index (χ2n) is 5.84. The molecule has 0 rings (SSSR count). The van der Waals surface area contributed by atoms with Crippen LogP contribution in [0.4, 0.5) is 0 Å². The van der Waals surface area contributed by atoms with Gasteiger partial charge in [0.1, 0.15) is 12.1 Å². The molecule has 142 valence electrons. The topological polar surface area (TPSA) is 202 Å². The van der Waals surface area contributed by atoms with Crippen LogP contribution in [0, 0.1) is 5.92 Å². The number of carbonyl (C=O) groups excluding carboxylic acids is 3. The van der Waals surface area contributed by atoms with Gasteiger partial charge in [-0.3, -0.25) is 19.2 Å². The molecule has 0 saturated carbocycles. The fourth-order valence-corrected chi connectivity index (χ4v) is 1.89. The standard InChI is InChI=1S/C14H24N4O7/c1-6(2)11(14(24)25)18-13(23)8(3-4-10(20)21)17-12(22)7(15)5-9(16)19/h6-8,11H,3-5,15H2,1-2H3,(H2,16,19)(H,17,22)(H,18,23)(H,20,21)(H,24,25)/t7-,8-,11-/m0/s1. The van der Waals surface area contributed by atoms with Gasteiger partial charge in [-0.05, 0) is 12.3 Å². The number of carbonyl (C=O) groups is 5. The van der Waals surface area contributed by atoms with Gasteiger partial charge in [-0.15, -0.1) is 0 Å². The van der Waals surface area contributed by atoms with Crippen LogP contribution in [0.1, 0.15) is 33.1 Å². The van der Waals surface area contributed by atoms with Crippen molar-refractivity contribution >= 4 is 29.7 Å². The van der Waals surface area contributed by atoms with E-state index in [1.165, 1.54) is 0 Å². The Morgan fingerprint density at radius 1 is 1.00 bits per heavy atom. The predicted octanol–water partition coefficient (Wildman–Crippen LogP) is -2.24. The summed E-state index contributed by atoms with van der Waals surface area (Å²) in [4.78, 5) is 56.8.